The fourth-order valence-electron chi connectivity index (χ4n) is 3.27. The molecule has 1 saturated heterocycles. The Kier molecular flexibility index (Phi) is 6.57. The van der Waals surface area contributed by atoms with E-state index in [4.69, 9.17) is 18.9 Å². The first kappa shape index (κ1) is 20.2. The molecule has 1 amide bonds. The second-order valence-electron chi connectivity index (χ2n) is 6.30. The first-order chi connectivity index (χ1) is 13.6. The highest BCUT2D eigenvalue weighted by molar-refractivity contribution is 8.00. The smallest absolute Gasteiger partial charge is 0.233 e. The number of hydrogen-bond acceptors (Lipinski definition) is 6. The van der Waals surface area contributed by atoms with Crippen molar-refractivity contribution in [1.82, 2.24) is 4.90 Å². The van der Waals surface area contributed by atoms with E-state index in [1.807, 2.05) is 41.3 Å². The monoisotopic (exact) mass is 403 g/mol. The Balaban J connectivity index is 1.80. The lowest BCUT2D eigenvalue weighted by Gasteiger charge is -2.26. The lowest BCUT2D eigenvalue weighted by Crippen LogP contribution is -2.30. The predicted molar refractivity (Wildman–Crippen MR) is 110 cm³/mol. The van der Waals surface area contributed by atoms with E-state index in [2.05, 4.69) is 0 Å². The van der Waals surface area contributed by atoms with Gasteiger partial charge in [0.15, 0.2) is 11.5 Å². The Morgan fingerprint density at radius 1 is 0.929 bits per heavy atom. The van der Waals surface area contributed by atoms with E-state index in [0.717, 1.165) is 29.0 Å². The van der Waals surface area contributed by atoms with E-state index in [0.29, 0.717) is 23.8 Å². The second kappa shape index (κ2) is 9.10. The van der Waals surface area contributed by atoms with Gasteiger partial charge >= 0.3 is 0 Å². The molecule has 1 aliphatic heterocycles. The summed E-state index contributed by atoms with van der Waals surface area (Å²) in [6, 6.07) is 11.5. The maximum absolute atomic E-state index is 12.5. The molecule has 1 atom stereocenters. The quantitative estimate of drug-likeness (QED) is 0.672. The van der Waals surface area contributed by atoms with Crippen molar-refractivity contribution >= 4 is 17.7 Å². The van der Waals surface area contributed by atoms with E-state index in [-0.39, 0.29) is 11.3 Å². The highest BCUT2D eigenvalue weighted by Crippen LogP contribution is 2.43. The summed E-state index contributed by atoms with van der Waals surface area (Å²) >= 11 is 1.61. The number of nitrogens with zero attached hydrogens (tertiary/aromatic N) is 1. The van der Waals surface area contributed by atoms with Crippen LogP contribution in [0.15, 0.2) is 36.4 Å². The van der Waals surface area contributed by atoms with E-state index in [1.165, 1.54) is 0 Å². The summed E-state index contributed by atoms with van der Waals surface area (Å²) in [6.45, 7) is 0.604. The largest absolute Gasteiger partial charge is 0.497 e. The molecule has 0 aliphatic carbocycles. The number of rotatable bonds is 8. The molecule has 28 heavy (non-hydrogen) atoms. The summed E-state index contributed by atoms with van der Waals surface area (Å²) < 4.78 is 21.5. The molecule has 0 N–H and O–H groups in total. The van der Waals surface area contributed by atoms with Crippen molar-refractivity contribution in [1.29, 1.82) is 0 Å². The summed E-state index contributed by atoms with van der Waals surface area (Å²) in [6.07, 6.45) is 0.718. The van der Waals surface area contributed by atoms with Gasteiger partial charge in [0.25, 0.3) is 0 Å². The van der Waals surface area contributed by atoms with Gasteiger partial charge in [0.1, 0.15) is 16.9 Å². The Labute approximate surface area is 169 Å². The topological polar surface area (TPSA) is 57.2 Å². The molecular weight excluding hydrogens is 378 g/mol. The molecule has 7 heteroatoms. The molecule has 2 aromatic carbocycles. The number of amides is 1. The molecule has 0 bridgehead atoms. The van der Waals surface area contributed by atoms with Crippen molar-refractivity contribution in [2.24, 2.45) is 0 Å². The lowest BCUT2D eigenvalue weighted by atomic mass is 10.1. The molecule has 1 aliphatic rings. The van der Waals surface area contributed by atoms with Gasteiger partial charge in [-0.05, 0) is 42.3 Å². The summed E-state index contributed by atoms with van der Waals surface area (Å²) in [4.78, 5) is 14.4. The van der Waals surface area contributed by atoms with Crippen LogP contribution in [0.5, 0.6) is 23.0 Å². The molecule has 1 fully saturated rings. The zero-order valence-corrected chi connectivity index (χ0v) is 17.4. The summed E-state index contributed by atoms with van der Waals surface area (Å²) in [7, 11) is 6.51. The van der Waals surface area contributed by atoms with Crippen LogP contribution in [-0.2, 0) is 11.2 Å². The lowest BCUT2D eigenvalue weighted by molar-refractivity contribution is -0.128. The Morgan fingerprint density at radius 3 is 2.32 bits per heavy atom. The van der Waals surface area contributed by atoms with Crippen LogP contribution in [0.3, 0.4) is 0 Å². The van der Waals surface area contributed by atoms with Crippen molar-refractivity contribution in [2.75, 3.05) is 40.7 Å². The third-order valence-electron chi connectivity index (χ3n) is 4.76. The minimum atomic E-state index is -0.0994. The minimum absolute atomic E-state index is 0.0994. The van der Waals surface area contributed by atoms with Crippen molar-refractivity contribution in [3.05, 3.63) is 47.5 Å². The third-order valence-corrected chi connectivity index (χ3v) is 6.00. The van der Waals surface area contributed by atoms with E-state index in [9.17, 15) is 4.79 Å². The van der Waals surface area contributed by atoms with E-state index < -0.39 is 0 Å². The average Bonchev–Trinajstić information content (AvgIpc) is 3.11. The molecule has 6 nitrogen and oxygen atoms in total. The SMILES string of the molecule is COc1ccc(OC)c(C2SCC(=O)N2CCc2ccc(OC)c(OC)c2)c1. The van der Waals surface area contributed by atoms with Crippen molar-refractivity contribution in [3.63, 3.8) is 0 Å². The van der Waals surface area contributed by atoms with Crippen LogP contribution >= 0.6 is 11.8 Å². The molecule has 1 heterocycles. The molecule has 0 spiro atoms. The number of methoxy groups -OCH3 is 4. The van der Waals surface area contributed by atoms with Gasteiger partial charge in [0.05, 0.1) is 34.2 Å². The van der Waals surface area contributed by atoms with Crippen LogP contribution in [0, 0.1) is 0 Å². The number of thioether (sulfide) groups is 1. The summed E-state index contributed by atoms with van der Waals surface area (Å²) in [5.74, 6) is 3.46. The molecular formula is C21H25NO5S. The van der Waals surface area contributed by atoms with Crippen LogP contribution in [0.4, 0.5) is 0 Å². The molecule has 1 unspecified atom stereocenters. The zero-order valence-electron chi connectivity index (χ0n) is 16.6. The molecule has 0 radical (unpaired) electrons. The maximum atomic E-state index is 12.5. The second-order valence-corrected chi connectivity index (χ2v) is 7.37. The summed E-state index contributed by atoms with van der Waals surface area (Å²) in [5, 5.41) is -0.0994. The van der Waals surface area contributed by atoms with Gasteiger partial charge in [0, 0.05) is 12.1 Å². The van der Waals surface area contributed by atoms with Gasteiger partial charge < -0.3 is 23.8 Å². The predicted octanol–water partition coefficient (Wildman–Crippen LogP) is 3.54. The van der Waals surface area contributed by atoms with Crippen LogP contribution in [0.25, 0.3) is 0 Å². The molecule has 2 aromatic rings. The maximum Gasteiger partial charge on any atom is 0.233 e. The van der Waals surface area contributed by atoms with Crippen molar-refractivity contribution < 1.29 is 23.7 Å². The zero-order chi connectivity index (χ0) is 20.1. The Hall–Kier alpha value is -2.54. The normalized spacial score (nSPS) is 16.2. The Morgan fingerprint density at radius 2 is 1.64 bits per heavy atom. The van der Waals surface area contributed by atoms with E-state index >= 15 is 0 Å². The fourth-order valence-corrected chi connectivity index (χ4v) is 4.50. The fraction of sp³-hybridized carbons (Fsp3) is 0.381. The number of hydrogen-bond donors (Lipinski definition) is 0. The van der Waals surface area contributed by atoms with Gasteiger partial charge in [-0.15, -0.1) is 11.8 Å². The molecule has 3 rings (SSSR count). The Bertz CT molecular complexity index is 842. The van der Waals surface area contributed by atoms with Gasteiger partial charge in [-0.2, -0.15) is 0 Å². The molecule has 0 saturated carbocycles. The van der Waals surface area contributed by atoms with Crippen LogP contribution in [0.2, 0.25) is 0 Å². The van der Waals surface area contributed by atoms with Crippen LogP contribution in [0.1, 0.15) is 16.5 Å². The van der Waals surface area contributed by atoms with E-state index in [1.54, 1.807) is 40.2 Å². The number of carbonyl (C=O) groups excluding carboxylic acids is 1. The van der Waals surface area contributed by atoms with Crippen molar-refractivity contribution in [3.8, 4) is 23.0 Å². The third kappa shape index (κ3) is 4.14. The number of carbonyl (C=O) groups is 1. The van der Waals surface area contributed by atoms with Crippen molar-refractivity contribution in [2.45, 2.75) is 11.8 Å². The number of benzene rings is 2. The highest BCUT2D eigenvalue weighted by atomic mass is 32.2. The first-order valence-electron chi connectivity index (χ1n) is 8.95. The van der Waals surface area contributed by atoms with Crippen LogP contribution < -0.4 is 18.9 Å². The van der Waals surface area contributed by atoms with Gasteiger partial charge in [0.2, 0.25) is 5.91 Å². The standard InChI is InChI=1S/C21H25NO5S/c1-24-15-6-8-17(25-2)16(12-15)21-22(20(23)13-28-21)10-9-14-5-7-18(26-3)19(11-14)27-4/h5-8,11-12,21H,9-10,13H2,1-4H3. The van der Waals surface area contributed by atoms with Gasteiger partial charge in [-0.25, -0.2) is 0 Å². The van der Waals surface area contributed by atoms with Crippen LogP contribution in [-0.4, -0.2) is 51.5 Å². The van der Waals surface area contributed by atoms with Gasteiger partial charge in [-0.3, -0.25) is 4.79 Å². The molecule has 0 aromatic heterocycles. The average molecular weight is 404 g/mol. The highest BCUT2D eigenvalue weighted by Gasteiger charge is 2.34. The number of ether oxygens (including phenoxy) is 4. The summed E-state index contributed by atoms with van der Waals surface area (Å²) in [5.41, 5.74) is 2.03. The van der Waals surface area contributed by atoms with Gasteiger partial charge in [-0.1, -0.05) is 6.07 Å². The minimum Gasteiger partial charge on any atom is -0.497 e. The first-order valence-corrected chi connectivity index (χ1v) is 10.00. The molecule has 150 valence electrons.